The molecule has 0 atom stereocenters. The van der Waals surface area contributed by atoms with E-state index in [1.165, 1.54) is 25.7 Å². The lowest BCUT2D eigenvalue weighted by atomic mass is 10.2. The fourth-order valence-corrected chi connectivity index (χ4v) is 3.27. The molecule has 2 heterocycles. The minimum atomic E-state index is -0.178. The van der Waals surface area contributed by atoms with Crippen LogP contribution in [0, 0.1) is 0 Å². The zero-order chi connectivity index (χ0) is 16.8. The fourth-order valence-electron chi connectivity index (χ4n) is 3.04. The van der Waals surface area contributed by atoms with Crippen LogP contribution in [0.15, 0.2) is 40.8 Å². The number of halogens is 1. The minimum Gasteiger partial charge on any atom is -0.451 e. The van der Waals surface area contributed by atoms with Crippen molar-refractivity contribution in [3.63, 3.8) is 0 Å². The molecular weight excluding hydrogens is 324 g/mol. The van der Waals surface area contributed by atoms with Gasteiger partial charge in [-0.2, -0.15) is 0 Å². The largest absolute Gasteiger partial charge is 0.451 e. The molecule has 1 N–H and O–H groups in total. The average Bonchev–Trinajstić information content (AvgIpc) is 2.93. The molecule has 0 aliphatic carbocycles. The summed E-state index contributed by atoms with van der Waals surface area (Å²) in [6.45, 7) is 3.80. The Hall–Kier alpha value is -1.78. The van der Waals surface area contributed by atoms with Crippen molar-refractivity contribution in [2.75, 3.05) is 26.2 Å². The van der Waals surface area contributed by atoms with Crippen LogP contribution in [0.25, 0.3) is 11.3 Å². The summed E-state index contributed by atoms with van der Waals surface area (Å²) in [7, 11) is 0. The third-order valence-corrected chi connectivity index (χ3v) is 4.71. The van der Waals surface area contributed by atoms with Crippen molar-refractivity contribution in [2.45, 2.75) is 25.7 Å². The number of nitrogens with one attached hydrogen (secondary N) is 1. The van der Waals surface area contributed by atoms with Gasteiger partial charge in [0.05, 0.1) is 5.02 Å². The van der Waals surface area contributed by atoms with Crippen LogP contribution in [0.5, 0.6) is 0 Å². The standard InChI is InChI=1S/C19H23ClN2O2/c20-16-8-4-3-7-15(16)17-9-10-18(24-17)19(23)21-11-14-22-12-5-1-2-6-13-22/h3-4,7-10H,1-2,5-6,11-14H2,(H,21,23). The predicted molar refractivity (Wildman–Crippen MR) is 96.4 cm³/mol. The van der Waals surface area contributed by atoms with Crippen LogP contribution in [0.2, 0.25) is 5.02 Å². The molecule has 0 saturated carbocycles. The first-order valence-corrected chi connectivity index (χ1v) is 8.97. The summed E-state index contributed by atoms with van der Waals surface area (Å²) in [5.74, 6) is 0.752. The quantitative estimate of drug-likeness (QED) is 0.882. The molecule has 0 bridgehead atoms. The molecule has 5 heteroatoms. The first kappa shape index (κ1) is 17.1. The van der Waals surface area contributed by atoms with E-state index >= 15 is 0 Å². The normalized spacial score (nSPS) is 15.9. The maximum Gasteiger partial charge on any atom is 0.287 e. The van der Waals surface area contributed by atoms with Crippen LogP contribution in [0.3, 0.4) is 0 Å². The van der Waals surface area contributed by atoms with Gasteiger partial charge in [-0.15, -0.1) is 0 Å². The van der Waals surface area contributed by atoms with E-state index in [2.05, 4.69) is 10.2 Å². The Bertz CT molecular complexity index is 676. The Morgan fingerprint density at radius 3 is 2.58 bits per heavy atom. The SMILES string of the molecule is O=C(NCCN1CCCCCC1)c1ccc(-c2ccccc2Cl)o1. The highest BCUT2D eigenvalue weighted by molar-refractivity contribution is 6.33. The van der Waals surface area contributed by atoms with Gasteiger partial charge in [-0.1, -0.05) is 36.6 Å². The van der Waals surface area contributed by atoms with Gasteiger partial charge >= 0.3 is 0 Å². The number of amides is 1. The molecule has 0 unspecified atom stereocenters. The number of likely N-dealkylation sites (tertiary alicyclic amines) is 1. The van der Waals surface area contributed by atoms with Gasteiger partial charge in [0.1, 0.15) is 5.76 Å². The minimum absolute atomic E-state index is 0.178. The molecule has 1 aliphatic rings. The highest BCUT2D eigenvalue weighted by Crippen LogP contribution is 2.28. The maximum atomic E-state index is 12.2. The van der Waals surface area contributed by atoms with Gasteiger partial charge in [-0.05, 0) is 50.2 Å². The Morgan fingerprint density at radius 1 is 1.08 bits per heavy atom. The number of furan rings is 1. The molecule has 1 aliphatic heterocycles. The molecule has 1 saturated heterocycles. The maximum absolute atomic E-state index is 12.2. The molecule has 1 fully saturated rings. The van der Waals surface area contributed by atoms with Crippen LogP contribution in [0.1, 0.15) is 36.2 Å². The zero-order valence-corrected chi connectivity index (χ0v) is 14.5. The third kappa shape index (κ3) is 4.40. The van der Waals surface area contributed by atoms with Gasteiger partial charge in [0.15, 0.2) is 5.76 Å². The van der Waals surface area contributed by atoms with Crippen LogP contribution in [-0.4, -0.2) is 37.0 Å². The Morgan fingerprint density at radius 2 is 1.83 bits per heavy atom. The Balaban J connectivity index is 1.53. The predicted octanol–water partition coefficient (Wildman–Crippen LogP) is 4.21. The van der Waals surface area contributed by atoms with Crippen LogP contribution in [-0.2, 0) is 0 Å². The highest BCUT2D eigenvalue weighted by atomic mass is 35.5. The molecule has 128 valence electrons. The van der Waals surface area contributed by atoms with E-state index in [0.717, 1.165) is 25.2 Å². The second-order valence-corrected chi connectivity index (χ2v) is 6.56. The van der Waals surface area contributed by atoms with E-state index in [4.69, 9.17) is 16.0 Å². The van der Waals surface area contributed by atoms with Crippen LogP contribution in [0.4, 0.5) is 0 Å². The fraction of sp³-hybridized carbons (Fsp3) is 0.421. The molecule has 4 nitrogen and oxygen atoms in total. The van der Waals surface area contributed by atoms with Crippen molar-refractivity contribution in [1.82, 2.24) is 10.2 Å². The lowest BCUT2D eigenvalue weighted by Crippen LogP contribution is -2.35. The van der Waals surface area contributed by atoms with E-state index < -0.39 is 0 Å². The van der Waals surface area contributed by atoms with Crippen molar-refractivity contribution < 1.29 is 9.21 Å². The molecule has 24 heavy (non-hydrogen) atoms. The summed E-state index contributed by atoms with van der Waals surface area (Å²) >= 11 is 6.16. The van der Waals surface area contributed by atoms with Crippen molar-refractivity contribution in [3.8, 4) is 11.3 Å². The van der Waals surface area contributed by atoms with Gasteiger partial charge in [0, 0.05) is 18.7 Å². The van der Waals surface area contributed by atoms with Gasteiger partial charge < -0.3 is 14.6 Å². The number of carbonyl (C=O) groups is 1. The number of carbonyl (C=O) groups excluding carboxylic acids is 1. The summed E-state index contributed by atoms with van der Waals surface area (Å²) in [6.07, 6.45) is 5.15. The van der Waals surface area contributed by atoms with E-state index in [0.29, 0.717) is 23.1 Å². The second-order valence-electron chi connectivity index (χ2n) is 6.16. The van der Waals surface area contributed by atoms with Crippen LogP contribution >= 0.6 is 11.6 Å². The summed E-state index contributed by atoms with van der Waals surface area (Å²) in [6, 6.07) is 10.9. The monoisotopic (exact) mass is 346 g/mol. The summed E-state index contributed by atoms with van der Waals surface area (Å²) in [5, 5.41) is 3.55. The van der Waals surface area contributed by atoms with Crippen LogP contribution < -0.4 is 5.32 Å². The number of hydrogen-bond donors (Lipinski definition) is 1. The molecule has 1 amide bonds. The third-order valence-electron chi connectivity index (χ3n) is 4.38. The van der Waals surface area contributed by atoms with E-state index in [-0.39, 0.29) is 5.91 Å². The molecule has 0 spiro atoms. The molecule has 1 aromatic heterocycles. The molecule has 3 rings (SSSR count). The summed E-state index contributed by atoms with van der Waals surface area (Å²) in [5.41, 5.74) is 0.794. The molecule has 0 radical (unpaired) electrons. The van der Waals surface area contributed by atoms with Gasteiger partial charge in [-0.3, -0.25) is 4.79 Å². The number of nitrogens with zero attached hydrogens (tertiary/aromatic N) is 1. The van der Waals surface area contributed by atoms with Crippen molar-refractivity contribution in [2.24, 2.45) is 0 Å². The average molecular weight is 347 g/mol. The van der Waals surface area contributed by atoms with Gasteiger partial charge in [0.2, 0.25) is 0 Å². The van der Waals surface area contributed by atoms with E-state index in [9.17, 15) is 4.79 Å². The van der Waals surface area contributed by atoms with Crippen molar-refractivity contribution in [3.05, 3.63) is 47.2 Å². The van der Waals surface area contributed by atoms with E-state index in [1.54, 1.807) is 18.2 Å². The number of benzene rings is 1. The Labute approximate surface area is 147 Å². The van der Waals surface area contributed by atoms with Gasteiger partial charge in [0.25, 0.3) is 5.91 Å². The lowest BCUT2D eigenvalue weighted by molar-refractivity contribution is 0.0921. The van der Waals surface area contributed by atoms with Gasteiger partial charge in [-0.25, -0.2) is 0 Å². The molecular formula is C19H23ClN2O2. The first-order valence-electron chi connectivity index (χ1n) is 8.59. The second kappa shape index (κ2) is 8.36. The summed E-state index contributed by atoms with van der Waals surface area (Å²) < 4.78 is 5.66. The topological polar surface area (TPSA) is 45.5 Å². The lowest BCUT2D eigenvalue weighted by Gasteiger charge is -2.19. The smallest absolute Gasteiger partial charge is 0.287 e. The number of rotatable bonds is 5. The van der Waals surface area contributed by atoms with Crippen molar-refractivity contribution in [1.29, 1.82) is 0 Å². The van der Waals surface area contributed by atoms with Crippen molar-refractivity contribution >= 4 is 17.5 Å². The Kier molecular flexibility index (Phi) is 5.94. The van der Waals surface area contributed by atoms with E-state index in [1.807, 2.05) is 18.2 Å². The molecule has 2 aromatic rings. The highest BCUT2D eigenvalue weighted by Gasteiger charge is 2.14. The summed E-state index contributed by atoms with van der Waals surface area (Å²) in [4.78, 5) is 14.6. The zero-order valence-electron chi connectivity index (χ0n) is 13.8. The number of hydrogen-bond acceptors (Lipinski definition) is 3. The first-order chi connectivity index (χ1) is 11.7. The molecule has 1 aromatic carbocycles.